The summed E-state index contributed by atoms with van der Waals surface area (Å²) in [5.74, 6) is 1.21. The second kappa shape index (κ2) is 7.60. The van der Waals surface area contributed by atoms with Crippen LogP contribution in [0.3, 0.4) is 0 Å². The quantitative estimate of drug-likeness (QED) is 0.614. The zero-order chi connectivity index (χ0) is 20.4. The predicted octanol–water partition coefficient (Wildman–Crippen LogP) is 2.93. The maximum atomic E-state index is 12.5. The fourth-order valence-corrected chi connectivity index (χ4v) is 4.47. The van der Waals surface area contributed by atoms with Gasteiger partial charge in [-0.2, -0.15) is 0 Å². The number of carbonyl (C=O) groups is 1. The minimum absolute atomic E-state index is 0.0554. The number of benzene rings is 2. The molecule has 1 aromatic heterocycles. The van der Waals surface area contributed by atoms with E-state index >= 15 is 0 Å². The SMILES string of the molecule is COc1ccc(S(=O)(=O)Nc2nc(C(=O)Nc3ccc4c(c3)OCO4)cs2)cc1. The first-order valence-electron chi connectivity index (χ1n) is 8.28. The molecule has 1 aliphatic heterocycles. The molecule has 2 aromatic carbocycles. The number of rotatable bonds is 6. The average molecular weight is 433 g/mol. The molecule has 3 aromatic rings. The van der Waals surface area contributed by atoms with Gasteiger partial charge in [-0.25, -0.2) is 13.4 Å². The Kier molecular flexibility index (Phi) is 4.99. The highest BCUT2D eigenvalue weighted by Gasteiger charge is 2.19. The Bertz CT molecular complexity index is 1160. The lowest BCUT2D eigenvalue weighted by atomic mass is 10.2. The number of hydrogen-bond acceptors (Lipinski definition) is 8. The van der Waals surface area contributed by atoms with Crippen LogP contribution in [0.5, 0.6) is 17.2 Å². The van der Waals surface area contributed by atoms with E-state index in [2.05, 4.69) is 15.0 Å². The molecule has 0 unspecified atom stereocenters. The van der Waals surface area contributed by atoms with Crippen molar-refractivity contribution >= 4 is 38.1 Å². The zero-order valence-corrected chi connectivity index (χ0v) is 16.7. The van der Waals surface area contributed by atoms with Gasteiger partial charge in [-0.1, -0.05) is 0 Å². The molecule has 0 radical (unpaired) electrons. The van der Waals surface area contributed by atoms with Gasteiger partial charge in [0.25, 0.3) is 15.9 Å². The Morgan fingerprint density at radius 1 is 1.14 bits per heavy atom. The number of hydrogen-bond donors (Lipinski definition) is 2. The van der Waals surface area contributed by atoms with E-state index in [4.69, 9.17) is 14.2 Å². The van der Waals surface area contributed by atoms with Crippen LogP contribution in [-0.4, -0.2) is 33.2 Å². The Morgan fingerprint density at radius 2 is 1.90 bits per heavy atom. The van der Waals surface area contributed by atoms with Gasteiger partial charge in [0.15, 0.2) is 16.6 Å². The molecule has 0 fully saturated rings. The van der Waals surface area contributed by atoms with E-state index in [0.29, 0.717) is 22.9 Å². The lowest BCUT2D eigenvalue weighted by molar-refractivity contribution is 0.102. The molecular weight excluding hydrogens is 418 g/mol. The van der Waals surface area contributed by atoms with Crippen molar-refractivity contribution in [3.05, 3.63) is 53.5 Å². The molecule has 0 atom stereocenters. The number of nitrogens with one attached hydrogen (secondary N) is 2. The van der Waals surface area contributed by atoms with E-state index in [9.17, 15) is 13.2 Å². The molecule has 1 amide bonds. The van der Waals surface area contributed by atoms with Gasteiger partial charge >= 0.3 is 0 Å². The highest BCUT2D eigenvalue weighted by molar-refractivity contribution is 7.93. The number of nitrogens with zero attached hydrogens (tertiary/aromatic N) is 1. The summed E-state index contributed by atoms with van der Waals surface area (Å²) in [4.78, 5) is 16.5. The number of anilines is 2. The third-order valence-corrected chi connectivity index (χ3v) is 6.20. The number of sulfonamides is 1. The molecule has 2 heterocycles. The summed E-state index contributed by atoms with van der Waals surface area (Å²) in [5, 5.41) is 4.23. The van der Waals surface area contributed by atoms with Crippen molar-refractivity contribution < 1.29 is 27.4 Å². The molecule has 0 bridgehead atoms. The number of aromatic nitrogens is 1. The van der Waals surface area contributed by atoms with E-state index in [-0.39, 0.29) is 22.5 Å². The van der Waals surface area contributed by atoms with Gasteiger partial charge < -0.3 is 19.5 Å². The van der Waals surface area contributed by atoms with Gasteiger partial charge in [-0.15, -0.1) is 11.3 Å². The topological polar surface area (TPSA) is 116 Å². The Hall–Kier alpha value is -3.31. The van der Waals surface area contributed by atoms with Crippen molar-refractivity contribution in [3.8, 4) is 17.2 Å². The third-order valence-electron chi connectivity index (χ3n) is 3.96. The fraction of sp³-hybridized carbons (Fsp3) is 0.111. The van der Waals surface area contributed by atoms with E-state index in [1.165, 1.54) is 24.6 Å². The second-order valence-corrected chi connectivity index (χ2v) is 8.38. The van der Waals surface area contributed by atoms with E-state index < -0.39 is 15.9 Å². The van der Waals surface area contributed by atoms with Crippen molar-refractivity contribution in [2.75, 3.05) is 23.9 Å². The lowest BCUT2D eigenvalue weighted by Gasteiger charge is -2.06. The molecular formula is C18H15N3O6S2. The van der Waals surface area contributed by atoms with E-state index in [1.807, 2.05) is 0 Å². The Morgan fingerprint density at radius 3 is 2.66 bits per heavy atom. The summed E-state index contributed by atoms with van der Waals surface area (Å²) in [6.45, 7) is 0.135. The minimum atomic E-state index is -3.84. The summed E-state index contributed by atoms with van der Waals surface area (Å²) in [5.41, 5.74) is 0.590. The van der Waals surface area contributed by atoms with Gasteiger partial charge in [0.05, 0.1) is 12.0 Å². The van der Waals surface area contributed by atoms with Crippen LogP contribution >= 0.6 is 11.3 Å². The molecule has 2 N–H and O–H groups in total. The summed E-state index contributed by atoms with van der Waals surface area (Å²) in [7, 11) is -2.34. The smallest absolute Gasteiger partial charge is 0.275 e. The van der Waals surface area contributed by atoms with Crippen LogP contribution in [0.1, 0.15) is 10.5 Å². The normalized spacial score (nSPS) is 12.4. The van der Waals surface area contributed by atoms with Gasteiger partial charge in [0, 0.05) is 17.1 Å². The van der Waals surface area contributed by atoms with Crippen LogP contribution in [0, 0.1) is 0 Å². The molecule has 150 valence electrons. The minimum Gasteiger partial charge on any atom is -0.497 e. The summed E-state index contributed by atoms with van der Waals surface area (Å²) in [6, 6.07) is 10.9. The Labute approximate surface area is 170 Å². The summed E-state index contributed by atoms with van der Waals surface area (Å²) >= 11 is 1.01. The van der Waals surface area contributed by atoms with Gasteiger partial charge in [0.2, 0.25) is 6.79 Å². The largest absolute Gasteiger partial charge is 0.497 e. The maximum absolute atomic E-state index is 12.5. The zero-order valence-electron chi connectivity index (χ0n) is 15.0. The summed E-state index contributed by atoms with van der Waals surface area (Å²) < 4.78 is 42.8. The highest BCUT2D eigenvalue weighted by atomic mass is 32.2. The number of thiazole rings is 1. The van der Waals surface area contributed by atoms with Crippen molar-refractivity contribution in [2.24, 2.45) is 0 Å². The van der Waals surface area contributed by atoms with Crippen molar-refractivity contribution in [2.45, 2.75) is 4.90 Å². The third kappa shape index (κ3) is 4.10. The molecule has 11 heteroatoms. The number of fused-ring (bicyclic) bond motifs is 1. The Balaban J connectivity index is 1.45. The molecule has 0 saturated heterocycles. The molecule has 4 rings (SSSR count). The average Bonchev–Trinajstić information content (AvgIpc) is 3.36. The molecule has 9 nitrogen and oxygen atoms in total. The monoisotopic (exact) mass is 433 g/mol. The first kappa shape index (κ1) is 19.0. The predicted molar refractivity (Wildman–Crippen MR) is 106 cm³/mol. The van der Waals surface area contributed by atoms with Gasteiger partial charge in [-0.3, -0.25) is 9.52 Å². The number of ether oxygens (including phenoxy) is 3. The van der Waals surface area contributed by atoms with Crippen molar-refractivity contribution in [1.29, 1.82) is 0 Å². The molecule has 0 saturated carbocycles. The molecule has 0 spiro atoms. The maximum Gasteiger partial charge on any atom is 0.275 e. The molecule has 1 aliphatic rings. The molecule has 29 heavy (non-hydrogen) atoms. The van der Waals surface area contributed by atoms with Crippen molar-refractivity contribution in [3.63, 3.8) is 0 Å². The van der Waals surface area contributed by atoms with Crippen LogP contribution in [0.2, 0.25) is 0 Å². The van der Waals surface area contributed by atoms with Crippen LogP contribution < -0.4 is 24.2 Å². The van der Waals surface area contributed by atoms with Gasteiger partial charge in [-0.05, 0) is 36.4 Å². The first-order chi connectivity index (χ1) is 13.9. The number of carbonyl (C=O) groups excluding carboxylic acids is 1. The summed E-state index contributed by atoms with van der Waals surface area (Å²) in [6.07, 6.45) is 0. The highest BCUT2D eigenvalue weighted by Crippen LogP contribution is 2.34. The number of methoxy groups -OCH3 is 1. The van der Waals surface area contributed by atoms with Crippen LogP contribution in [0.15, 0.2) is 52.7 Å². The second-order valence-electron chi connectivity index (χ2n) is 5.84. The van der Waals surface area contributed by atoms with Crippen LogP contribution in [0.25, 0.3) is 0 Å². The lowest BCUT2D eigenvalue weighted by Crippen LogP contribution is -2.14. The van der Waals surface area contributed by atoms with Crippen LogP contribution in [0.4, 0.5) is 10.8 Å². The fourth-order valence-electron chi connectivity index (χ4n) is 2.52. The van der Waals surface area contributed by atoms with Crippen LogP contribution in [-0.2, 0) is 10.0 Å². The first-order valence-corrected chi connectivity index (χ1v) is 10.6. The van der Waals surface area contributed by atoms with Crippen molar-refractivity contribution in [1.82, 2.24) is 4.98 Å². The molecule has 0 aliphatic carbocycles. The van der Waals surface area contributed by atoms with E-state index in [1.54, 1.807) is 30.3 Å². The van der Waals surface area contributed by atoms with E-state index in [0.717, 1.165) is 11.3 Å². The van der Waals surface area contributed by atoms with Gasteiger partial charge in [0.1, 0.15) is 11.4 Å². The standard InChI is InChI=1S/C18H15N3O6S2/c1-25-12-3-5-13(6-4-12)29(23,24)21-18-20-14(9-28-18)17(22)19-11-2-7-15-16(8-11)27-10-26-15/h2-9H,10H2,1H3,(H,19,22)(H,20,21). The number of amides is 1.